The summed E-state index contributed by atoms with van der Waals surface area (Å²) in [6, 6.07) is 0. The molecule has 0 aromatic carbocycles. The van der Waals surface area contributed by atoms with Gasteiger partial charge in [-0.1, -0.05) is 0 Å². The predicted octanol–water partition coefficient (Wildman–Crippen LogP) is -10.1. The largest absolute Gasteiger partial charge is 0.433 e. The molecule has 0 bridgehead atoms. The van der Waals surface area contributed by atoms with Crippen molar-refractivity contribution >= 4 is 0 Å². The van der Waals surface area contributed by atoms with Gasteiger partial charge in [0.05, 0.1) is 0 Å². The first-order valence-electron chi connectivity index (χ1n) is 1.11. The fourth-order valence-electron chi connectivity index (χ4n) is 0. The fraction of sp³-hybridized carbons (Fsp3) is 0. The fourth-order valence-corrected chi connectivity index (χ4v) is 0. The zero-order valence-electron chi connectivity index (χ0n) is 3.69. The van der Waals surface area contributed by atoms with Crippen LogP contribution in [-0.2, 0) is 0 Å². The monoisotopic (exact) mass is 320 g/mol. The predicted molar refractivity (Wildman–Crippen MR) is 4.44 cm³/mol. The van der Waals surface area contributed by atoms with Crippen molar-refractivity contribution in [2.24, 2.45) is 0 Å². The second-order valence-corrected chi connectivity index (χ2v) is 3.70. The third-order valence-electron chi connectivity index (χ3n) is 0. The first kappa shape index (κ1) is 12.6. The molecule has 0 radical (unpaired) electrons. The average Bonchev–Trinajstić information content (AvgIpc) is 1.19. The summed E-state index contributed by atoms with van der Waals surface area (Å²) in [7, 11) is 0. The van der Waals surface area contributed by atoms with Crippen LogP contribution < -0.4 is 38.8 Å². The van der Waals surface area contributed by atoms with E-state index in [2.05, 4.69) is 0 Å². The summed E-state index contributed by atoms with van der Waals surface area (Å²) in [5.74, 6) is 0. The normalized spacial score (nSPS) is 10.7. The smallest absolute Gasteiger partial charge is 0.372 e. The van der Waals surface area contributed by atoms with Crippen molar-refractivity contribution in [1.82, 2.24) is 0 Å². The van der Waals surface area contributed by atoms with Gasteiger partial charge in [0.2, 0.25) is 0 Å². The Morgan fingerprint density at radius 1 is 1.11 bits per heavy atom. The molecular weight excluding hydrogens is 319 g/mol. The first-order valence-corrected chi connectivity index (χ1v) is 6.72. The molecule has 0 aliphatic rings. The highest BCUT2D eigenvalue weighted by molar-refractivity contribution is 2.15. The van der Waals surface area contributed by atoms with E-state index in [0.717, 1.165) is 0 Å². The Morgan fingerprint density at radius 3 is 1.11 bits per heavy atom. The third-order valence-corrected chi connectivity index (χ3v) is 0. The van der Waals surface area contributed by atoms with Crippen LogP contribution in [0.2, 0.25) is 0 Å². The summed E-state index contributed by atoms with van der Waals surface area (Å²) in [6.45, 7) is 0. The summed E-state index contributed by atoms with van der Waals surface area (Å²) in [5, 5.41) is 0. The molecule has 0 atom stereocenters. The molecule has 0 aromatic rings. The van der Waals surface area contributed by atoms with E-state index < -0.39 is 34.9 Å². The van der Waals surface area contributed by atoms with Crippen LogP contribution in [0.4, 0.5) is 0 Å². The van der Waals surface area contributed by atoms with E-state index in [1.807, 2.05) is 0 Å². The zero-order chi connectivity index (χ0) is 8.08. The van der Waals surface area contributed by atoms with Crippen molar-refractivity contribution in [3.63, 3.8) is 0 Å². The zero-order valence-corrected chi connectivity index (χ0v) is 7.44. The standard InChI is InChI=1S/BrHO3.HIO4/c2-1(3)4;2-1(3,4)5/h2H;2H. The Bertz CT molecular complexity index is 45.7. The minimum absolute atomic E-state index is 3.40. The van der Waals surface area contributed by atoms with Gasteiger partial charge in [0.25, 0.3) is 0 Å². The lowest BCUT2D eigenvalue weighted by molar-refractivity contribution is -1.92. The van der Waals surface area contributed by atoms with E-state index in [0.29, 0.717) is 0 Å². The van der Waals surface area contributed by atoms with Crippen molar-refractivity contribution in [3.05, 3.63) is 0 Å². The van der Waals surface area contributed by atoms with Crippen molar-refractivity contribution in [2.45, 2.75) is 0 Å². The van der Waals surface area contributed by atoms with Gasteiger partial charge in [0.15, 0.2) is 0 Å². The molecule has 9 heteroatoms. The second kappa shape index (κ2) is 5.70. The molecule has 0 aliphatic carbocycles. The van der Waals surface area contributed by atoms with Gasteiger partial charge in [-0.25, -0.2) is 0 Å². The van der Waals surface area contributed by atoms with E-state index >= 15 is 0 Å². The van der Waals surface area contributed by atoms with Crippen molar-refractivity contribution in [2.75, 3.05) is 0 Å². The molecule has 0 unspecified atom stereocenters. The Hall–Kier alpha value is 0.930. The lowest BCUT2D eigenvalue weighted by Crippen LogP contribution is -4.23. The molecule has 58 valence electrons. The molecule has 0 amide bonds. The Kier molecular flexibility index (Phi) is 7.97. The van der Waals surface area contributed by atoms with E-state index in [-0.39, 0.29) is 0 Å². The Morgan fingerprint density at radius 2 is 1.11 bits per heavy atom. The van der Waals surface area contributed by atoms with Crippen LogP contribution in [0.3, 0.4) is 0 Å². The lowest BCUT2D eigenvalue weighted by atomic mass is 16.0. The molecule has 7 nitrogen and oxygen atoms in total. The minimum Gasteiger partial charge on any atom is -0.372 e. The van der Waals surface area contributed by atoms with Gasteiger partial charge in [-0.15, -0.1) is 0 Å². The molecule has 9 heavy (non-hydrogen) atoms. The summed E-state index contributed by atoms with van der Waals surface area (Å²) in [5.41, 5.74) is 0. The maximum absolute atomic E-state index is 8.73. The Balaban J connectivity index is 0. The Labute approximate surface area is 61.3 Å². The number of hydrogen-bond acceptors (Lipinski definition) is 7. The number of halogens is 2. The van der Waals surface area contributed by atoms with Gasteiger partial charge in [0.1, 0.15) is 0 Å². The maximum Gasteiger partial charge on any atom is 0.433 e. The highest BCUT2D eigenvalue weighted by Gasteiger charge is 2.11. The van der Waals surface area contributed by atoms with E-state index in [4.69, 9.17) is 26.3 Å². The molecule has 0 saturated heterocycles. The molecule has 0 saturated carbocycles. The summed E-state index contributed by atoms with van der Waals surface area (Å²) in [4.78, 5) is 0. The van der Waals surface area contributed by atoms with Gasteiger partial charge in [-0.05, 0) is 4.20 Å². The molecule has 0 aromatic heterocycles. The van der Waals surface area contributed by atoms with E-state index in [1.165, 1.54) is 0 Å². The number of hydrogen-bond donors (Lipinski definition) is 2. The van der Waals surface area contributed by atoms with Crippen molar-refractivity contribution in [3.8, 4) is 0 Å². The van der Waals surface area contributed by atoms with Gasteiger partial charge in [-0.3, -0.25) is 10.3 Å². The molecular formula is H2BrIO7. The lowest BCUT2D eigenvalue weighted by Gasteiger charge is -1.93. The maximum atomic E-state index is 8.73. The molecule has 0 spiro atoms. The quantitative estimate of drug-likeness (QED) is 0.420. The van der Waals surface area contributed by atoms with Crippen LogP contribution in [0.15, 0.2) is 0 Å². The van der Waals surface area contributed by atoms with Gasteiger partial charge >= 0.3 is 34.9 Å². The van der Waals surface area contributed by atoms with Crippen molar-refractivity contribution in [1.29, 1.82) is 0 Å². The summed E-state index contributed by atoms with van der Waals surface area (Å²) < 4.78 is 57.5. The van der Waals surface area contributed by atoms with E-state index in [1.54, 1.807) is 0 Å². The van der Waals surface area contributed by atoms with Crippen LogP contribution in [-0.4, -0.2) is 7.63 Å². The second-order valence-electron chi connectivity index (χ2n) is 0.597. The van der Waals surface area contributed by atoms with E-state index in [9.17, 15) is 0 Å². The van der Waals surface area contributed by atoms with Crippen molar-refractivity contribution < 1.29 is 61.2 Å². The van der Waals surface area contributed by atoms with Crippen LogP contribution in [0.25, 0.3) is 0 Å². The van der Waals surface area contributed by atoms with Crippen LogP contribution >= 0.6 is 0 Å². The topological polar surface area (TPSA) is 156 Å². The highest BCUT2D eigenvalue weighted by Crippen LogP contribution is 1.38. The van der Waals surface area contributed by atoms with Crippen LogP contribution in [0, 0.1) is 14.8 Å². The van der Waals surface area contributed by atoms with Gasteiger partial charge in [0, 0.05) is 3.44 Å². The number of rotatable bonds is 0. The SMILES string of the molecule is [O-][Br+2]([O-])O.[O-][I+3]([O-])([O-])O. The summed E-state index contributed by atoms with van der Waals surface area (Å²) >= 11 is -9.09. The summed E-state index contributed by atoms with van der Waals surface area (Å²) in [6.07, 6.45) is 0. The molecule has 2 N–H and O–H groups in total. The van der Waals surface area contributed by atoms with Gasteiger partial charge < -0.3 is 8.40 Å². The minimum atomic E-state index is -5.69. The average molecular weight is 321 g/mol. The first-order chi connectivity index (χ1) is 3.73. The van der Waals surface area contributed by atoms with Crippen LogP contribution in [0.5, 0.6) is 0 Å². The highest BCUT2D eigenvalue weighted by atomic mass is 127. The molecule has 0 rings (SSSR count). The molecule has 0 fully saturated rings. The van der Waals surface area contributed by atoms with Crippen LogP contribution in [0.1, 0.15) is 0 Å². The molecule has 0 heterocycles. The third kappa shape index (κ3) is 496. The van der Waals surface area contributed by atoms with Gasteiger partial charge in [-0.2, -0.15) is 0 Å². The molecule has 0 aliphatic heterocycles.